The third-order valence-corrected chi connectivity index (χ3v) is 3.18. The maximum Gasteiger partial charge on any atom is 0.337 e. The predicted octanol–water partition coefficient (Wildman–Crippen LogP) is 2.46. The van der Waals surface area contributed by atoms with Gasteiger partial charge in [-0.3, -0.25) is 4.79 Å². The number of nitrogens with two attached hydrogens (primary N) is 1. The summed E-state index contributed by atoms with van der Waals surface area (Å²) >= 11 is 3.24. The molecule has 1 aromatic carbocycles. The average molecular weight is 329 g/mol. The van der Waals surface area contributed by atoms with Gasteiger partial charge in [-0.05, 0) is 23.6 Å². The number of hydrogen-bond acceptors (Lipinski definition) is 3. The third-order valence-electron chi connectivity index (χ3n) is 2.69. The van der Waals surface area contributed by atoms with Crippen molar-refractivity contribution >= 4 is 33.5 Å². The molecule has 0 saturated heterocycles. The second-order valence-corrected chi connectivity index (χ2v) is 6.24. The predicted molar refractivity (Wildman–Crippen MR) is 77.2 cm³/mol. The van der Waals surface area contributed by atoms with Crippen LogP contribution in [0.15, 0.2) is 22.7 Å². The van der Waals surface area contributed by atoms with Gasteiger partial charge in [0.05, 0.1) is 17.3 Å². The maximum atomic E-state index is 12.0. The first kappa shape index (κ1) is 15.7. The van der Waals surface area contributed by atoms with E-state index in [1.165, 1.54) is 12.1 Å². The highest BCUT2D eigenvalue weighted by Crippen LogP contribution is 2.24. The Bertz CT molecular complexity index is 509. The lowest BCUT2D eigenvalue weighted by Gasteiger charge is -2.26. The number of carboxylic acids is 1. The normalized spacial score (nSPS) is 12.9. The van der Waals surface area contributed by atoms with Crippen LogP contribution in [0, 0.1) is 5.41 Å². The lowest BCUT2D eigenvalue weighted by Crippen LogP contribution is -2.45. The van der Waals surface area contributed by atoms with Crippen molar-refractivity contribution in [3.8, 4) is 0 Å². The van der Waals surface area contributed by atoms with Crippen molar-refractivity contribution in [2.24, 2.45) is 11.1 Å². The maximum absolute atomic E-state index is 12.0. The number of carbonyl (C=O) groups excluding carboxylic acids is 1. The van der Waals surface area contributed by atoms with E-state index in [1.807, 2.05) is 20.8 Å². The van der Waals surface area contributed by atoms with Crippen molar-refractivity contribution < 1.29 is 14.7 Å². The molecule has 0 spiro atoms. The van der Waals surface area contributed by atoms with Crippen molar-refractivity contribution in [1.82, 2.24) is 0 Å². The minimum absolute atomic E-state index is 0.0256. The molecule has 0 aliphatic carbocycles. The molecule has 0 aliphatic rings. The summed E-state index contributed by atoms with van der Waals surface area (Å²) in [6.45, 7) is 5.53. The summed E-state index contributed by atoms with van der Waals surface area (Å²) in [5.74, 6) is -1.51. The fourth-order valence-electron chi connectivity index (χ4n) is 1.41. The van der Waals surface area contributed by atoms with Crippen molar-refractivity contribution in [3.63, 3.8) is 0 Å². The average Bonchev–Trinajstić information content (AvgIpc) is 2.26. The Kier molecular flexibility index (Phi) is 4.70. The van der Waals surface area contributed by atoms with Gasteiger partial charge in [-0.1, -0.05) is 36.7 Å². The molecule has 19 heavy (non-hydrogen) atoms. The summed E-state index contributed by atoms with van der Waals surface area (Å²) in [6.07, 6.45) is 0. The van der Waals surface area contributed by atoms with Crippen LogP contribution in [0.25, 0.3) is 0 Å². The number of halogens is 1. The molecule has 0 saturated carbocycles. The molecular formula is C13H17BrN2O3. The Hall–Kier alpha value is -1.40. The van der Waals surface area contributed by atoms with Gasteiger partial charge in [-0.2, -0.15) is 0 Å². The van der Waals surface area contributed by atoms with Crippen LogP contribution in [0.4, 0.5) is 5.69 Å². The number of nitrogens with one attached hydrogen (secondary N) is 1. The van der Waals surface area contributed by atoms with Gasteiger partial charge in [0, 0.05) is 4.47 Å². The summed E-state index contributed by atoms with van der Waals surface area (Å²) in [5, 5.41) is 11.6. The van der Waals surface area contributed by atoms with Crippen molar-refractivity contribution in [2.45, 2.75) is 26.8 Å². The van der Waals surface area contributed by atoms with E-state index in [-0.39, 0.29) is 11.3 Å². The molecule has 0 fully saturated rings. The van der Waals surface area contributed by atoms with Gasteiger partial charge >= 0.3 is 5.97 Å². The SMILES string of the molecule is CC(C)(C)C(N)C(=O)Nc1cc(Br)ccc1C(=O)O. The number of anilines is 1. The molecule has 0 radical (unpaired) electrons. The molecule has 0 aliphatic heterocycles. The van der Waals surface area contributed by atoms with E-state index in [1.54, 1.807) is 6.07 Å². The molecule has 1 amide bonds. The highest BCUT2D eigenvalue weighted by atomic mass is 79.9. The summed E-state index contributed by atoms with van der Waals surface area (Å²) in [4.78, 5) is 23.1. The second-order valence-electron chi connectivity index (χ2n) is 5.33. The highest BCUT2D eigenvalue weighted by molar-refractivity contribution is 9.10. The summed E-state index contributed by atoms with van der Waals surface area (Å²) in [6, 6.07) is 3.83. The number of rotatable bonds is 3. The van der Waals surface area contributed by atoms with Gasteiger partial charge < -0.3 is 16.2 Å². The second kappa shape index (κ2) is 5.71. The monoisotopic (exact) mass is 328 g/mol. The van der Waals surface area contributed by atoms with E-state index >= 15 is 0 Å². The standard InChI is InChI=1S/C13H17BrN2O3/c1-13(2,3)10(15)11(17)16-9-6-7(14)4-5-8(9)12(18)19/h4-6,10H,15H2,1-3H3,(H,16,17)(H,18,19). The molecule has 0 aromatic heterocycles. The zero-order valence-electron chi connectivity index (χ0n) is 11.0. The molecule has 0 heterocycles. The van der Waals surface area contributed by atoms with E-state index in [2.05, 4.69) is 21.2 Å². The summed E-state index contributed by atoms with van der Waals surface area (Å²) in [5.41, 5.74) is 5.69. The first-order valence-electron chi connectivity index (χ1n) is 5.72. The molecule has 1 unspecified atom stereocenters. The number of hydrogen-bond donors (Lipinski definition) is 3. The van der Waals surface area contributed by atoms with Crippen molar-refractivity contribution in [1.29, 1.82) is 0 Å². The zero-order valence-corrected chi connectivity index (χ0v) is 12.6. The molecule has 6 heteroatoms. The Morgan fingerprint density at radius 1 is 1.37 bits per heavy atom. The molecule has 1 rings (SSSR count). The van der Waals surface area contributed by atoms with E-state index in [0.29, 0.717) is 4.47 Å². The van der Waals surface area contributed by atoms with E-state index < -0.39 is 23.3 Å². The molecule has 104 valence electrons. The molecular weight excluding hydrogens is 312 g/mol. The lowest BCUT2D eigenvalue weighted by molar-refractivity contribution is -0.119. The van der Waals surface area contributed by atoms with Gasteiger partial charge in [0.15, 0.2) is 0 Å². The van der Waals surface area contributed by atoms with Crippen LogP contribution in [-0.4, -0.2) is 23.0 Å². The summed E-state index contributed by atoms with van der Waals surface area (Å²) in [7, 11) is 0. The van der Waals surface area contributed by atoms with E-state index in [4.69, 9.17) is 10.8 Å². The first-order valence-corrected chi connectivity index (χ1v) is 6.51. The molecule has 4 N–H and O–H groups in total. The number of carbonyl (C=O) groups is 2. The van der Waals surface area contributed by atoms with Crippen LogP contribution in [0.1, 0.15) is 31.1 Å². The molecule has 1 atom stereocenters. The Balaban J connectivity index is 3.02. The Morgan fingerprint density at radius 2 is 1.95 bits per heavy atom. The summed E-state index contributed by atoms with van der Waals surface area (Å²) < 4.78 is 0.678. The minimum atomic E-state index is -1.10. The molecule has 1 aromatic rings. The fourth-order valence-corrected chi connectivity index (χ4v) is 1.77. The van der Waals surface area contributed by atoms with Crippen LogP contribution < -0.4 is 11.1 Å². The largest absolute Gasteiger partial charge is 0.478 e. The molecule has 0 bridgehead atoms. The smallest absolute Gasteiger partial charge is 0.337 e. The zero-order chi connectivity index (χ0) is 14.8. The minimum Gasteiger partial charge on any atom is -0.478 e. The van der Waals surface area contributed by atoms with E-state index in [0.717, 1.165) is 0 Å². The van der Waals surface area contributed by atoms with Crippen LogP contribution in [0.2, 0.25) is 0 Å². The van der Waals surface area contributed by atoms with Gasteiger partial charge in [0.2, 0.25) is 5.91 Å². The van der Waals surface area contributed by atoms with Crippen LogP contribution in [-0.2, 0) is 4.79 Å². The number of benzene rings is 1. The van der Waals surface area contributed by atoms with Crippen molar-refractivity contribution in [2.75, 3.05) is 5.32 Å². The lowest BCUT2D eigenvalue weighted by atomic mass is 9.87. The van der Waals surface area contributed by atoms with Crippen molar-refractivity contribution in [3.05, 3.63) is 28.2 Å². The fraction of sp³-hybridized carbons (Fsp3) is 0.385. The number of aromatic carboxylic acids is 1. The topological polar surface area (TPSA) is 92.4 Å². The van der Waals surface area contributed by atoms with Crippen LogP contribution in [0.3, 0.4) is 0 Å². The van der Waals surface area contributed by atoms with Gasteiger partial charge in [-0.15, -0.1) is 0 Å². The van der Waals surface area contributed by atoms with Gasteiger partial charge in [-0.25, -0.2) is 4.79 Å². The van der Waals surface area contributed by atoms with Crippen LogP contribution >= 0.6 is 15.9 Å². The van der Waals surface area contributed by atoms with E-state index in [9.17, 15) is 9.59 Å². The van der Waals surface area contributed by atoms with Gasteiger partial charge in [0.1, 0.15) is 0 Å². The third kappa shape index (κ3) is 4.04. The highest BCUT2D eigenvalue weighted by Gasteiger charge is 2.28. The Labute approximate surface area is 120 Å². The number of carboxylic acid groups (broad SMARTS) is 1. The van der Waals surface area contributed by atoms with Gasteiger partial charge in [0.25, 0.3) is 0 Å². The Morgan fingerprint density at radius 3 is 2.42 bits per heavy atom. The first-order chi connectivity index (χ1) is 8.62. The number of amides is 1. The van der Waals surface area contributed by atoms with Crippen LogP contribution in [0.5, 0.6) is 0 Å². The molecule has 5 nitrogen and oxygen atoms in total. The quantitative estimate of drug-likeness (QED) is 0.794.